The zero-order chi connectivity index (χ0) is 6.57. The van der Waals surface area contributed by atoms with Crippen molar-refractivity contribution in [3.05, 3.63) is 0 Å². The number of nitrogens with zero attached hydrogens (tertiary/aromatic N) is 1. The van der Waals surface area contributed by atoms with Crippen molar-refractivity contribution >= 4 is 29.2 Å². The second-order valence-corrected chi connectivity index (χ2v) is 2.47. The van der Waals surface area contributed by atoms with E-state index in [4.69, 9.17) is 24.8 Å². The summed E-state index contributed by atoms with van der Waals surface area (Å²) in [6.07, 6.45) is 0. The Hall–Kier alpha value is 0.990. The summed E-state index contributed by atoms with van der Waals surface area (Å²) >= 11 is 9.51. The van der Waals surface area contributed by atoms with Gasteiger partial charge in [-0.25, -0.2) is 0 Å². The van der Waals surface area contributed by atoms with Gasteiger partial charge in [-0.2, -0.15) is 0 Å². The van der Waals surface area contributed by atoms with E-state index >= 15 is 0 Å². The van der Waals surface area contributed by atoms with Gasteiger partial charge in [-0.15, -0.1) is 0 Å². The summed E-state index contributed by atoms with van der Waals surface area (Å²) in [4.78, 5) is 1.96. The second kappa shape index (κ2) is 17.9. The Morgan fingerprint density at radius 2 is 1.42 bits per heavy atom. The molecule has 0 amide bonds. The van der Waals surface area contributed by atoms with Crippen molar-refractivity contribution < 1.29 is 46.0 Å². The van der Waals surface area contributed by atoms with Crippen molar-refractivity contribution in [1.29, 1.82) is 0 Å². The average Bonchev–Trinajstić information content (AvgIpc) is 1.69. The molecule has 0 aliphatic carbocycles. The Morgan fingerprint density at radius 1 is 1.17 bits per heavy atom. The van der Waals surface area contributed by atoms with Gasteiger partial charge in [0, 0.05) is 13.1 Å². The number of thiocarbonyl (C=S) groups is 1. The molecule has 0 spiro atoms. The molecule has 0 unspecified atom stereocenters. The summed E-state index contributed by atoms with van der Waals surface area (Å²) in [7, 11) is 0. The quantitative estimate of drug-likeness (QED) is 0.270. The van der Waals surface area contributed by atoms with E-state index in [0.717, 1.165) is 13.1 Å². The van der Waals surface area contributed by atoms with E-state index in [1.165, 1.54) is 0 Å². The second-order valence-electron chi connectivity index (χ2n) is 1.44. The van der Waals surface area contributed by atoms with Crippen LogP contribution in [-0.4, -0.2) is 38.7 Å². The third kappa shape index (κ3) is 13.6. The molecular formula is C5H16NNaO3S2. The molecule has 0 saturated carbocycles. The van der Waals surface area contributed by atoms with Gasteiger partial charge in [0.2, 0.25) is 0 Å². The van der Waals surface area contributed by atoms with E-state index in [2.05, 4.69) is 0 Å². The molecule has 0 aromatic rings. The van der Waals surface area contributed by atoms with Crippen LogP contribution in [0.1, 0.15) is 13.8 Å². The molecule has 0 atom stereocenters. The fourth-order valence-electron chi connectivity index (χ4n) is 0.482. The minimum absolute atomic E-state index is 0. The molecule has 0 radical (unpaired) electrons. The van der Waals surface area contributed by atoms with E-state index in [9.17, 15) is 0 Å². The third-order valence-electron chi connectivity index (χ3n) is 1.02. The molecule has 0 heterocycles. The first-order valence-electron chi connectivity index (χ1n) is 2.68. The molecule has 0 saturated heterocycles. The van der Waals surface area contributed by atoms with Gasteiger partial charge in [-0.1, -0.05) is 4.32 Å². The topological polar surface area (TPSA) is 97.7 Å². The van der Waals surface area contributed by atoms with Crippen molar-refractivity contribution in [2.24, 2.45) is 0 Å². The van der Waals surface area contributed by atoms with E-state index in [1.807, 2.05) is 18.7 Å². The first kappa shape index (κ1) is 29.3. The number of hydrogen-bond donors (Lipinski definition) is 0. The largest absolute Gasteiger partial charge is 1.00 e. The molecular weight excluding hydrogens is 209 g/mol. The molecule has 0 bridgehead atoms. The van der Waals surface area contributed by atoms with Crippen LogP contribution in [0.3, 0.4) is 0 Å². The van der Waals surface area contributed by atoms with Crippen LogP contribution in [0.5, 0.6) is 0 Å². The summed E-state index contributed by atoms with van der Waals surface area (Å²) in [6.45, 7) is 5.95. The number of rotatable bonds is 2. The Labute approximate surface area is 106 Å². The van der Waals surface area contributed by atoms with Crippen LogP contribution in [0, 0.1) is 0 Å². The molecule has 7 heteroatoms. The summed E-state index contributed by atoms with van der Waals surface area (Å²) in [5.41, 5.74) is 0. The van der Waals surface area contributed by atoms with Crippen LogP contribution in [0.25, 0.3) is 0 Å². The summed E-state index contributed by atoms with van der Waals surface area (Å²) in [5, 5.41) is 0. The van der Waals surface area contributed by atoms with Crippen molar-refractivity contribution in [2.45, 2.75) is 13.8 Å². The van der Waals surface area contributed by atoms with E-state index in [-0.39, 0.29) is 46.0 Å². The SMILES string of the molecule is CCN(CC)C(=S)[S-].O.O.O.[Na+]. The van der Waals surface area contributed by atoms with Gasteiger partial charge in [-0.05, 0) is 13.8 Å². The Morgan fingerprint density at radius 3 is 1.42 bits per heavy atom. The minimum atomic E-state index is 0. The Kier molecular flexibility index (Phi) is 43.7. The zero-order valence-corrected chi connectivity index (χ0v) is 11.3. The van der Waals surface area contributed by atoms with Crippen LogP contribution in [0.15, 0.2) is 0 Å². The predicted molar refractivity (Wildman–Crippen MR) is 53.7 cm³/mol. The first-order chi connectivity index (χ1) is 3.72. The van der Waals surface area contributed by atoms with Gasteiger partial charge in [-0.3, -0.25) is 0 Å². The summed E-state index contributed by atoms with van der Waals surface area (Å²) < 4.78 is 0.579. The average molecular weight is 225 g/mol. The fraction of sp³-hybridized carbons (Fsp3) is 0.800. The van der Waals surface area contributed by atoms with Gasteiger partial charge < -0.3 is 46.2 Å². The number of hydrogen-bond acceptors (Lipinski definition) is 2. The smallest absolute Gasteiger partial charge is 0.412 e. The van der Waals surface area contributed by atoms with Crippen molar-refractivity contribution in [3.8, 4) is 0 Å². The van der Waals surface area contributed by atoms with Gasteiger partial charge in [0.05, 0.1) is 0 Å². The van der Waals surface area contributed by atoms with Gasteiger partial charge >= 0.3 is 29.6 Å². The molecule has 6 N–H and O–H groups in total. The van der Waals surface area contributed by atoms with Crippen molar-refractivity contribution in [3.63, 3.8) is 0 Å². The standard InChI is InChI=1S/C5H11NS2.Na.3H2O/c1-3-6(4-2)5(7)8;;;;/h3-4H2,1-2H3,(H,7,8);;3*1H2/q;+1;;;/p-1. The maximum atomic E-state index is 4.76. The van der Waals surface area contributed by atoms with Gasteiger partial charge in [0.15, 0.2) is 0 Å². The van der Waals surface area contributed by atoms with Crippen LogP contribution < -0.4 is 29.6 Å². The zero-order valence-electron chi connectivity index (χ0n) is 7.68. The van der Waals surface area contributed by atoms with Gasteiger partial charge in [0.1, 0.15) is 0 Å². The molecule has 0 aromatic carbocycles. The fourth-order valence-corrected chi connectivity index (χ4v) is 0.998. The van der Waals surface area contributed by atoms with Crippen LogP contribution in [-0.2, 0) is 12.6 Å². The molecule has 72 valence electrons. The van der Waals surface area contributed by atoms with E-state index in [1.54, 1.807) is 0 Å². The predicted octanol–water partition coefficient (Wildman–Crippen LogP) is -4.31. The Balaban J connectivity index is -0.0000000408. The molecule has 0 aliphatic rings. The maximum absolute atomic E-state index is 4.76. The minimum Gasteiger partial charge on any atom is -0.412 e. The van der Waals surface area contributed by atoms with Crippen molar-refractivity contribution in [1.82, 2.24) is 4.90 Å². The molecule has 4 nitrogen and oxygen atoms in total. The van der Waals surface area contributed by atoms with Gasteiger partial charge in [0.25, 0.3) is 0 Å². The molecule has 0 rings (SSSR count). The normalized spacial score (nSPS) is 5.83. The van der Waals surface area contributed by atoms with E-state index < -0.39 is 0 Å². The molecule has 0 aliphatic heterocycles. The molecule has 12 heavy (non-hydrogen) atoms. The summed E-state index contributed by atoms with van der Waals surface area (Å²) in [5.74, 6) is 0. The third-order valence-corrected chi connectivity index (χ3v) is 1.54. The molecule has 0 fully saturated rings. The van der Waals surface area contributed by atoms with Crippen LogP contribution >= 0.6 is 12.2 Å². The Bertz CT molecular complexity index is 92.8. The van der Waals surface area contributed by atoms with Crippen molar-refractivity contribution in [2.75, 3.05) is 13.1 Å². The maximum Gasteiger partial charge on any atom is 1.00 e. The molecule has 0 aromatic heterocycles. The summed E-state index contributed by atoms with van der Waals surface area (Å²) in [6, 6.07) is 0. The first-order valence-corrected chi connectivity index (χ1v) is 3.50. The van der Waals surface area contributed by atoms with Crippen LogP contribution in [0.4, 0.5) is 0 Å². The van der Waals surface area contributed by atoms with E-state index in [0.29, 0.717) is 4.32 Å². The monoisotopic (exact) mass is 225 g/mol. The van der Waals surface area contributed by atoms with Crippen LogP contribution in [0.2, 0.25) is 0 Å².